The van der Waals surface area contributed by atoms with E-state index in [-0.39, 0.29) is 18.9 Å². The van der Waals surface area contributed by atoms with Crippen LogP contribution in [0.1, 0.15) is 40.7 Å². The van der Waals surface area contributed by atoms with E-state index in [0.717, 1.165) is 29.8 Å². The lowest BCUT2D eigenvalue weighted by atomic mass is 9.86. The van der Waals surface area contributed by atoms with Crippen LogP contribution in [0.25, 0.3) is 0 Å². The summed E-state index contributed by atoms with van der Waals surface area (Å²) in [6, 6.07) is 7.84. The highest BCUT2D eigenvalue weighted by Gasteiger charge is 2.44. The number of methoxy groups -OCH3 is 2. The summed E-state index contributed by atoms with van der Waals surface area (Å²) in [5.41, 5.74) is 3.92. The molecule has 7 heteroatoms. The molecule has 2 aromatic carbocycles. The second kappa shape index (κ2) is 6.55. The molecule has 3 atom stereocenters. The number of benzene rings is 2. The molecule has 3 aliphatic heterocycles. The van der Waals surface area contributed by atoms with Gasteiger partial charge in [-0.15, -0.1) is 0 Å². The summed E-state index contributed by atoms with van der Waals surface area (Å²) in [4.78, 5) is 2.26. The van der Waals surface area contributed by atoms with Crippen molar-refractivity contribution in [2.24, 2.45) is 0 Å². The zero-order chi connectivity index (χ0) is 19.4. The highest BCUT2D eigenvalue weighted by atomic mass is 16.7. The van der Waals surface area contributed by atoms with E-state index in [1.54, 1.807) is 14.2 Å². The van der Waals surface area contributed by atoms with Gasteiger partial charge in [-0.3, -0.25) is 4.90 Å². The number of hydrogen-bond acceptors (Lipinski definition) is 7. The Morgan fingerprint density at radius 3 is 2.64 bits per heavy atom. The minimum absolute atomic E-state index is 0.0696. The van der Waals surface area contributed by atoms with Crippen LogP contribution in [-0.2, 0) is 11.2 Å². The molecule has 0 saturated carbocycles. The smallest absolute Gasteiger partial charge is 0.231 e. The van der Waals surface area contributed by atoms with Crippen LogP contribution in [0, 0.1) is 0 Å². The van der Waals surface area contributed by atoms with Crippen molar-refractivity contribution in [3.63, 3.8) is 0 Å². The van der Waals surface area contributed by atoms with E-state index in [2.05, 4.69) is 11.9 Å². The Balaban J connectivity index is 1.62. The topological polar surface area (TPSA) is 69.6 Å². The zero-order valence-corrected chi connectivity index (χ0v) is 16.1. The lowest BCUT2D eigenvalue weighted by Gasteiger charge is -2.38. The summed E-state index contributed by atoms with van der Waals surface area (Å²) in [6.45, 7) is 1.04. The average Bonchev–Trinajstić information content (AvgIpc) is 3.31. The summed E-state index contributed by atoms with van der Waals surface area (Å²) in [5.74, 6) is 2.64. The summed E-state index contributed by atoms with van der Waals surface area (Å²) < 4.78 is 28.1. The highest BCUT2D eigenvalue weighted by molar-refractivity contribution is 5.56. The lowest BCUT2D eigenvalue weighted by molar-refractivity contribution is -0.142. The zero-order valence-electron chi connectivity index (χ0n) is 16.1. The number of likely N-dealkylation sites (N-methyl/N-ethyl adjacent to an activating group) is 1. The third-order valence-electron chi connectivity index (χ3n) is 5.90. The molecule has 0 amide bonds. The van der Waals surface area contributed by atoms with Gasteiger partial charge >= 0.3 is 0 Å². The molecule has 0 aromatic heterocycles. The van der Waals surface area contributed by atoms with E-state index < -0.39 is 6.29 Å². The standard InChI is InChI=1S/C21H23NO6/c1-22-7-6-11-8-15(24-2)16(25-3)9-13(11)18(22)19-12-4-5-14-20(27-10-26-14)17(12)21(23)28-19/h4-5,8-9,18-19,21,23H,6-7,10H2,1-3H3/t18-,19+,21-/m0/s1. The summed E-state index contributed by atoms with van der Waals surface area (Å²) in [5, 5.41) is 10.6. The van der Waals surface area contributed by atoms with Crippen LogP contribution in [0.4, 0.5) is 0 Å². The minimum atomic E-state index is -1.05. The molecule has 3 aliphatic rings. The third-order valence-corrected chi connectivity index (χ3v) is 5.90. The van der Waals surface area contributed by atoms with Gasteiger partial charge in [-0.2, -0.15) is 0 Å². The van der Waals surface area contributed by atoms with Crippen LogP contribution in [0.5, 0.6) is 23.0 Å². The van der Waals surface area contributed by atoms with E-state index in [4.69, 9.17) is 23.7 Å². The number of hydrogen-bond donors (Lipinski definition) is 1. The molecule has 0 bridgehead atoms. The first kappa shape index (κ1) is 17.6. The van der Waals surface area contributed by atoms with Gasteiger partial charge in [-0.25, -0.2) is 0 Å². The molecular weight excluding hydrogens is 362 g/mol. The van der Waals surface area contributed by atoms with Crippen molar-refractivity contribution in [1.29, 1.82) is 0 Å². The Hall–Kier alpha value is -2.48. The van der Waals surface area contributed by atoms with Crippen LogP contribution in [0.3, 0.4) is 0 Å². The molecule has 0 unspecified atom stereocenters. The van der Waals surface area contributed by atoms with Crippen LogP contribution in [0.15, 0.2) is 24.3 Å². The van der Waals surface area contributed by atoms with Crippen molar-refractivity contribution in [2.75, 3.05) is 34.6 Å². The molecule has 0 fully saturated rings. The van der Waals surface area contributed by atoms with E-state index >= 15 is 0 Å². The van der Waals surface area contributed by atoms with Crippen LogP contribution in [0.2, 0.25) is 0 Å². The van der Waals surface area contributed by atoms with E-state index in [1.807, 2.05) is 24.3 Å². The maximum atomic E-state index is 10.6. The number of rotatable bonds is 3. The van der Waals surface area contributed by atoms with Gasteiger partial charge in [0.05, 0.1) is 25.8 Å². The molecular formula is C21H23NO6. The first-order valence-electron chi connectivity index (χ1n) is 9.33. The van der Waals surface area contributed by atoms with Gasteiger partial charge in [0.1, 0.15) is 6.10 Å². The number of aliphatic hydroxyl groups is 1. The van der Waals surface area contributed by atoms with Gasteiger partial charge in [0.25, 0.3) is 0 Å². The van der Waals surface area contributed by atoms with Crippen molar-refractivity contribution in [1.82, 2.24) is 4.90 Å². The largest absolute Gasteiger partial charge is 0.493 e. The Labute approximate surface area is 163 Å². The van der Waals surface area contributed by atoms with Gasteiger partial charge in [-0.05, 0) is 48.4 Å². The molecule has 28 heavy (non-hydrogen) atoms. The number of ether oxygens (including phenoxy) is 5. The Morgan fingerprint density at radius 1 is 1.07 bits per heavy atom. The summed E-state index contributed by atoms with van der Waals surface area (Å²) >= 11 is 0. The van der Waals surface area contributed by atoms with Crippen LogP contribution in [-0.4, -0.2) is 44.6 Å². The van der Waals surface area contributed by atoms with E-state index in [0.29, 0.717) is 22.8 Å². The molecule has 0 radical (unpaired) electrons. The molecule has 0 aliphatic carbocycles. The molecule has 1 N–H and O–H groups in total. The Kier molecular flexibility index (Phi) is 4.12. The quantitative estimate of drug-likeness (QED) is 0.871. The monoisotopic (exact) mass is 385 g/mol. The minimum Gasteiger partial charge on any atom is -0.493 e. The van der Waals surface area contributed by atoms with Crippen molar-refractivity contribution in [3.8, 4) is 23.0 Å². The second-order valence-electron chi connectivity index (χ2n) is 7.29. The summed E-state index contributed by atoms with van der Waals surface area (Å²) in [6.07, 6.45) is -0.469. The fraction of sp³-hybridized carbons (Fsp3) is 0.429. The average molecular weight is 385 g/mol. The third kappa shape index (κ3) is 2.47. The van der Waals surface area contributed by atoms with Crippen LogP contribution >= 0.6 is 0 Å². The van der Waals surface area contributed by atoms with Gasteiger partial charge in [0.2, 0.25) is 6.79 Å². The highest BCUT2D eigenvalue weighted by Crippen LogP contribution is 2.54. The van der Waals surface area contributed by atoms with Gasteiger partial charge in [0.15, 0.2) is 29.3 Å². The molecule has 148 valence electrons. The molecule has 2 aromatic rings. The predicted molar refractivity (Wildman–Crippen MR) is 100.0 cm³/mol. The Bertz CT molecular complexity index is 930. The molecule has 5 rings (SSSR count). The van der Waals surface area contributed by atoms with Gasteiger partial charge < -0.3 is 28.8 Å². The Morgan fingerprint density at radius 2 is 1.86 bits per heavy atom. The SMILES string of the molecule is COc1cc2c(cc1OC)[C@@H]([C@@H]1O[C@H](O)c3c1ccc1c3OCO1)N(C)CC2. The normalized spacial score (nSPS) is 25.4. The van der Waals surface area contributed by atoms with E-state index in [1.165, 1.54) is 5.56 Å². The fourth-order valence-electron chi connectivity index (χ4n) is 4.53. The molecule has 3 heterocycles. The second-order valence-corrected chi connectivity index (χ2v) is 7.29. The number of nitrogens with zero attached hydrogens (tertiary/aromatic N) is 1. The van der Waals surface area contributed by atoms with Crippen molar-refractivity contribution in [2.45, 2.75) is 24.9 Å². The lowest BCUT2D eigenvalue weighted by Crippen LogP contribution is -2.36. The first-order valence-corrected chi connectivity index (χ1v) is 9.33. The first-order chi connectivity index (χ1) is 13.6. The molecule has 0 spiro atoms. The maximum Gasteiger partial charge on any atom is 0.231 e. The predicted octanol–water partition coefficient (Wildman–Crippen LogP) is 2.72. The molecule has 7 nitrogen and oxygen atoms in total. The molecule has 0 saturated heterocycles. The van der Waals surface area contributed by atoms with Crippen molar-refractivity contribution < 1.29 is 28.8 Å². The van der Waals surface area contributed by atoms with E-state index in [9.17, 15) is 5.11 Å². The summed E-state index contributed by atoms with van der Waals surface area (Å²) in [7, 11) is 5.36. The van der Waals surface area contributed by atoms with Gasteiger partial charge in [-0.1, -0.05) is 6.07 Å². The number of fused-ring (bicyclic) bond motifs is 4. The maximum absolute atomic E-state index is 10.6. The van der Waals surface area contributed by atoms with Crippen molar-refractivity contribution in [3.05, 3.63) is 46.5 Å². The number of aliphatic hydroxyl groups excluding tert-OH is 1. The van der Waals surface area contributed by atoms with Crippen molar-refractivity contribution >= 4 is 0 Å². The fourth-order valence-corrected chi connectivity index (χ4v) is 4.53. The van der Waals surface area contributed by atoms with Gasteiger partial charge in [0, 0.05) is 6.54 Å². The van der Waals surface area contributed by atoms with Crippen LogP contribution < -0.4 is 18.9 Å².